The van der Waals surface area contributed by atoms with Crippen molar-refractivity contribution in [1.29, 1.82) is 0 Å². The van der Waals surface area contributed by atoms with E-state index in [-0.39, 0.29) is 17.4 Å². The van der Waals surface area contributed by atoms with Crippen LogP contribution in [-0.4, -0.2) is 39.7 Å². The van der Waals surface area contributed by atoms with Gasteiger partial charge in [-0.3, -0.25) is 14.4 Å². The second kappa shape index (κ2) is 7.70. The first kappa shape index (κ1) is 19.2. The van der Waals surface area contributed by atoms with Crippen LogP contribution in [0, 0.1) is 0 Å². The Kier molecular flexibility index (Phi) is 5.28. The van der Waals surface area contributed by atoms with E-state index in [0.29, 0.717) is 12.3 Å². The van der Waals surface area contributed by atoms with E-state index in [1.54, 1.807) is 0 Å². The monoisotopic (exact) mass is 380 g/mol. The molecular weight excluding hydrogens is 348 g/mol. The Balaban J connectivity index is 1.45. The highest BCUT2D eigenvalue weighted by Gasteiger charge is 2.45. The number of fused-ring (bicyclic) bond motifs is 2. The van der Waals surface area contributed by atoms with Crippen LogP contribution in [0.4, 0.5) is 0 Å². The van der Waals surface area contributed by atoms with Gasteiger partial charge >= 0.3 is 0 Å². The topological polar surface area (TPSA) is 50.2 Å². The zero-order chi connectivity index (χ0) is 19.7. The van der Waals surface area contributed by atoms with Crippen molar-refractivity contribution >= 4 is 5.91 Å². The van der Waals surface area contributed by atoms with Crippen LogP contribution in [0.25, 0.3) is 0 Å². The van der Waals surface area contributed by atoms with Gasteiger partial charge in [0.2, 0.25) is 5.91 Å². The summed E-state index contributed by atoms with van der Waals surface area (Å²) in [6.45, 7) is 7.24. The summed E-state index contributed by atoms with van der Waals surface area (Å²) in [5.74, 6) is 0.528. The molecule has 2 aromatic rings. The Morgan fingerprint density at radius 1 is 1.29 bits per heavy atom. The molecule has 2 aliphatic rings. The highest BCUT2D eigenvalue weighted by atomic mass is 16.1. The molecule has 0 saturated carbocycles. The van der Waals surface area contributed by atoms with E-state index in [2.05, 4.69) is 45.8 Å². The fourth-order valence-corrected chi connectivity index (χ4v) is 5.24. The van der Waals surface area contributed by atoms with Crippen molar-refractivity contribution in [3.05, 3.63) is 53.3 Å². The lowest BCUT2D eigenvalue weighted by Gasteiger charge is -2.40. The van der Waals surface area contributed by atoms with Gasteiger partial charge in [-0.25, -0.2) is 0 Å². The maximum atomic E-state index is 12.4. The van der Waals surface area contributed by atoms with Crippen molar-refractivity contribution in [2.45, 2.75) is 63.5 Å². The smallest absolute Gasteiger partial charge is 0.220 e. The number of benzene rings is 1. The summed E-state index contributed by atoms with van der Waals surface area (Å²) in [6, 6.07) is 9.06. The standard InChI is InChI=1S/C23H32N4O/c1-17(2)25-22(28)12-19-13-23(21-7-5-4-6-20(19)21)8-10-27(11-9-23)16-18-14-24-26(3)15-18/h4-7,14-15,17,19H,8-13,16H2,1-3H3,(H,25,28). The van der Waals surface area contributed by atoms with Crippen molar-refractivity contribution in [1.82, 2.24) is 20.0 Å². The minimum absolute atomic E-state index is 0.181. The SMILES string of the molecule is CC(C)NC(=O)CC1CC2(CCN(Cc3cnn(C)c3)CC2)c2ccccc21. The van der Waals surface area contributed by atoms with Crippen molar-refractivity contribution in [3.63, 3.8) is 0 Å². The Morgan fingerprint density at radius 3 is 2.71 bits per heavy atom. The number of hydrogen-bond acceptors (Lipinski definition) is 3. The van der Waals surface area contributed by atoms with E-state index in [0.717, 1.165) is 26.1 Å². The number of aromatic nitrogens is 2. The third kappa shape index (κ3) is 3.86. The first-order valence-corrected chi connectivity index (χ1v) is 10.5. The van der Waals surface area contributed by atoms with Gasteiger partial charge in [0.05, 0.1) is 6.20 Å². The maximum Gasteiger partial charge on any atom is 0.220 e. The molecule has 1 aromatic heterocycles. The average Bonchev–Trinajstić information content (AvgIpc) is 3.19. The normalized spacial score (nSPS) is 21.2. The Morgan fingerprint density at radius 2 is 2.04 bits per heavy atom. The number of nitrogens with zero attached hydrogens (tertiary/aromatic N) is 3. The van der Waals surface area contributed by atoms with Crippen molar-refractivity contribution in [2.75, 3.05) is 13.1 Å². The molecule has 1 unspecified atom stereocenters. The highest BCUT2D eigenvalue weighted by molar-refractivity contribution is 5.77. The average molecular weight is 381 g/mol. The number of hydrogen-bond donors (Lipinski definition) is 1. The van der Waals surface area contributed by atoms with Crippen LogP contribution >= 0.6 is 0 Å². The van der Waals surface area contributed by atoms with Gasteiger partial charge < -0.3 is 5.32 Å². The predicted octanol–water partition coefficient (Wildman–Crippen LogP) is 3.36. The summed E-state index contributed by atoms with van der Waals surface area (Å²) < 4.78 is 1.88. The number of likely N-dealkylation sites (tertiary alicyclic amines) is 1. The Labute approximate surface area is 168 Å². The highest BCUT2D eigenvalue weighted by Crippen LogP contribution is 2.52. The maximum absolute atomic E-state index is 12.4. The van der Waals surface area contributed by atoms with Crippen LogP contribution in [0.1, 0.15) is 62.1 Å². The summed E-state index contributed by atoms with van der Waals surface area (Å²) in [6.07, 6.45) is 8.14. The van der Waals surface area contributed by atoms with E-state index in [4.69, 9.17) is 0 Å². The minimum atomic E-state index is 0.181. The van der Waals surface area contributed by atoms with Crippen LogP contribution in [0.5, 0.6) is 0 Å². The van der Waals surface area contributed by atoms with Crippen molar-refractivity contribution in [2.24, 2.45) is 7.05 Å². The number of aryl methyl sites for hydroxylation is 1. The Hall–Kier alpha value is -2.14. The Bertz CT molecular complexity index is 833. The van der Waals surface area contributed by atoms with Crippen LogP contribution in [0.2, 0.25) is 0 Å². The van der Waals surface area contributed by atoms with Crippen molar-refractivity contribution in [3.8, 4) is 0 Å². The van der Waals surface area contributed by atoms with E-state index in [1.807, 2.05) is 31.8 Å². The third-order valence-electron chi connectivity index (χ3n) is 6.47. The third-order valence-corrected chi connectivity index (χ3v) is 6.47. The molecule has 5 heteroatoms. The lowest BCUT2D eigenvalue weighted by atomic mass is 9.73. The summed E-state index contributed by atoms with van der Waals surface area (Å²) >= 11 is 0. The quantitative estimate of drug-likeness (QED) is 0.865. The predicted molar refractivity (Wildman–Crippen MR) is 111 cm³/mol. The van der Waals surface area contributed by atoms with Gasteiger partial charge in [-0.05, 0) is 68.7 Å². The molecule has 1 saturated heterocycles. The molecule has 4 rings (SSSR count). The lowest BCUT2D eigenvalue weighted by molar-refractivity contribution is -0.122. The molecule has 5 nitrogen and oxygen atoms in total. The van der Waals surface area contributed by atoms with E-state index >= 15 is 0 Å². The molecule has 1 aromatic carbocycles. The summed E-state index contributed by atoms with van der Waals surface area (Å²) in [7, 11) is 1.97. The zero-order valence-corrected chi connectivity index (χ0v) is 17.3. The van der Waals surface area contributed by atoms with Crippen LogP contribution in [-0.2, 0) is 23.8 Å². The molecule has 28 heavy (non-hydrogen) atoms. The first-order chi connectivity index (χ1) is 13.4. The molecule has 2 heterocycles. The van der Waals surface area contributed by atoms with Gasteiger partial charge in [-0.15, -0.1) is 0 Å². The molecule has 0 radical (unpaired) electrons. The lowest BCUT2D eigenvalue weighted by Crippen LogP contribution is -2.41. The van der Waals surface area contributed by atoms with E-state index in [9.17, 15) is 4.79 Å². The summed E-state index contributed by atoms with van der Waals surface area (Å²) in [4.78, 5) is 15.0. The number of nitrogens with one attached hydrogen (secondary N) is 1. The fourth-order valence-electron chi connectivity index (χ4n) is 5.24. The zero-order valence-electron chi connectivity index (χ0n) is 17.3. The number of carbonyl (C=O) groups is 1. The minimum Gasteiger partial charge on any atom is -0.354 e. The van der Waals surface area contributed by atoms with Crippen LogP contribution < -0.4 is 5.32 Å². The van der Waals surface area contributed by atoms with Gasteiger partial charge in [-0.1, -0.05) is 24.3 Å². The van der Waals surface area contributed by atoms with Gasteiger partial charge in [0.15, 0.2) is 0 Å². The second-order valence-corrected chi connectivity index (χ2v) is 8.99. The number of carbonyl (C=O) groups excluding carboxylic acids is 1. The summed E-state index contributed by atoms with van der Waals surface area (Å²) in [5.41, 5.74) is 4.43. The van der Waals surface area contributed by atoms with Gasteiger partial charge in [0, 0.05) is 37.8 Å². The number of rotatable bonds is 5. The van der Waals surface area contributed by atoms with Gasteiger partial charge in [0.25, 0.3) is 0 Å². The molecule has 1 aliphatic heterocycles. The number of amides is 1. The van der Waals surface area contributed by atoms with Crippen LogP contribution in [0.15, 0.2) is 36.7 Å². The van der Waals surface area contributed by atoms with Gasteiger partial charge in [0.1, 0.15) is 0 Å². The molecule has 0 bridgehead atoms. The first-order valence-electron chi connectivity index (χ1n) is 10.5. The fraction of sp³-hybridized carbons (Fsp3) is 0.565. The molecule has 1 spiro atoms. The number of piperidine rings is 1. The second-order valence-electron chi connectivity index (χ2n) is 8.99. The van der Waals surface area contributed by atoms with E-state index < -0.39 is 0 Å². The van der Waals surface area contributed by atoms with Crippen molar-refractivity contribution < 1.29 is 4.79 Å². The molecule has 1 atom stereocenters. The summed E-state index contributed by atoms with van der Waals surface area (Å²) in [5, 5.41) is 7.37. The molecule has 1 fully saturated rings. The molecule has 1 N–H and O–H groups in total. The molecule has 150 valence electrons. The molecule has 1 amide bonds. The van der Waals surface area contributed by atoms with Crippen LogP contribution in [0.3, 0.4) is 0 Å². The molecular formula is C23H32N4O. The molecule has 1 aliphatic carbocycles. The van der Waals surface area contributed by atoms with E-state index in [1.165, 1.54) is 29.5 Å². The van der Waals surface area contributed by atoms with Gasteiger partial charge in [-0.2, -0.15) is 5.10 Å². The largest absolute Gasteiger partial charge is 0.354 e.